The molecule has 0 fully saturated rings. The molecule has 1 aliphatic carbocycles. The van der Waals surface area contributed by atoms with Crippen molar-refractivity contribution in [1.82, 2.24) is 14.9 Å². The summed E-state index contributed by atoms with van der Waals surface area (Å²) in [5.74, 6) is -1.90. The highest BCUT2D eigenvalue weighted by atomic mass is 19.1. The Labute approximate surface area is 234 Å². The van der Waals surface area contributed by atoms with Crippen LogP contribution in [0.1, 0.15) is 73.0 Å². The van der Waals surface area contributed by atoms with Crippen LogP contribution in [-0.2, 0) is 39.5 Å². The SMILES string of the molecule is CC[C@@]1(O)C(=O)OCc2c1cc1n(c2=O)Cc2c-1nc1cc(F)c(C)c3c1c2[C@@H](NC(=O)[C@@H](O)C(C)(C)CO)CC3. The molecule has 0 saturated carbocycles. The molecule has 41 heavy (non-hydrogen) atoms. The topological polar surface area (TPSA) is 151 Å². The molecule has 0 bridgehead atoms. The Morgan fingerprint density at radius 3 is 2.71 bits per heavy atom. The molecule has 3 atom stereocenters. The van der Waals surface area contributed by atoms with Crippen LogP contribution in [0.25, 0.3) is 22.3 Å². The number of ether oxygens (including phenoxy) is 1. The fraction of sp³-hybridized carbons (Fsp3) is 0.467. The maximum absolute atomic E-state index is 15.1. The van der Waals surface area contributed by atoms with Gasteiger partial charge in [-0.05, 0) is 48.9 Å². The van der Waals surface area contributed by atoms with Crippen molar-refractivity contribution in [3.05, 3.63) is 61.7 Å². The predicted molar refractivity (Wildman–Crippen MR) is 145 cm³/mol. The summed E-state index contributed by atoms with van der Waals surface area (Å²) in [6, 6.07) is 2.35. The number of aliphatic hydroxyl groups excluding tert-OH is 2. The Hall–Kier alpha value is -3.67. The normalized spacial score (nSPS) is 21.7. The standard InChI is InChI=1S/C30H32FN3O7/c1-5-30(40)17-8-21-24-15(10-34(21)27(38)16(17)11-41-28(30)39)23-19(33-26(37)25(36)29(3,4)12-35)7-6-14-13(2)18(31)9-20(32-24)22(14)23/h8-9,19,25,35-36,40H,5-7,10-12H2,1-4H3,(H,33,37)/t19-,25+,30-/m0/s1. The number of carbonyl (C=O) groups is 2. The average molecular weight is 566 g/mol. The fourth-order valence-corrected chi connectivity index (χ4v) is 6.39. The second-order valence-corrected chi connectivity index (χ2v) is 12.0. The van der Waals surface area contributed by atoms with Crippen LogP contribution in [0.3, 0.4) is 0 Å². The molecular formula is C30H32FN3O7. The monoisotopic (exact) mass is 565 g/mol. The third-order valence-electron chi connectivity index (χ3n) is 9.09. The number of rotatable bonds is 5. The maximum Gasteiger partial charge on any atom is 0.343 e. The molecule has 4 heterocycles. The van der Waals surface area contributed by atoms with Crippen LogP contribution >= 0.6 is 0 Å². The largest absolute Gasteiger partial charge is 0.458 e. The molecule has 11 heteroatoms. The minimum atomic E-state index is -1.99. The van der Waals surface area contributed by atoms with Gasteiger partial charge in [0.25, 0.3) is 5.56 Å². The van der Waals surface area contributed by atoms with Crippen LogP contribution in [0.15, 0.2) is 16.9 Å². The third kappa shape index (κ3) is 3.79. The molecule has 0 radical (unpaired) electrons. The van der Waals surface area contributed by atoms with Crippen molar-refractivity contribution in [2.75, 3.05) is 6.61 Å². The smallest absolute Gasteiger partial charge is 0.343 e. The van der Waals surface area contributed by atoms with Gasteiger partial charge in [0, 0.05) is 28.0 Å². The highest BCUT2D eigenvalue weighted by Gasteiger charge is 2.46. The quantitative estimate of drug-likeness (QED) is 0.268. The number of hydrogen-bond donors (Lipinski definition) is 4. The van der Waals surface area contributed by atoms with E-state index in [0.29, 0.717) is 51.8 Å². The summed E-state index contributed by atoms with van der Waals surface area (Å²) in [5, 5.41) is 35.2. The number of esters is 1. The summed E-state index contributed by atoms with van der Waals surface area (Å²) in [6.07, 6.45) is -0.604. The van der Waals surface area contributed by atoms with Crippen LogP contribution in [0, 0.1) is 18.2 Å². The van der Waals surface area contributed by atoms with E-state index in [1.165, 1.54) is 10.6 Å². The molecule has 0 unspecified atom stereocenters. The number of aryl methyl sites for hydroxylation is 1. The maximum atomic E-state index is 15.1. The van der Waals surface area contributed by atoms with Crippen LogP contribution in [0.5, 0.6) is 0 Å². The number of halogens is 1. The van der Waals surface area contributed by atoms with Crippen molar-refractivity contribution in [3.8, 4) is 11.4 Å². The Morgan fingerprint density at radius 1 is 1.29 bits per heavy atom. The second kappa shape index (κ2) is 9.17. The van der Waals surface area contributed by atoms with Crippen LogP contribution < -0.4 is 10.9 Å². The minimum absolute atomic E-state index is 0.000545. The van der Waals surface area contributed by atoms with Gasteiger partial charge < -0.3 is 29.9 Å². The molecular weight excluding hydrogens is 533 g/mol. The molecule has 10 nitrogen and oxygen atoms in total. The van der Waals surface area contributed by atoms with Gasteiger partial charge in [-0.15, -0.1) is 0 Å². The molecule has 216 valence electrons. The van der Waals surface area contributed by atoms with E-state index in [1.54, 1.807) is 33.8 Å². The number of aromatic nitrogens is 2. The number of nitrogens with one attached hydrogen (secondary N) is 1. The molecule has 6 rings (SSSR count). The van der Waals surface area contributed by atoms with E-state index in [1.807, 2.05) is 0 Å². The number of nitrogens with zero attached hydrogens (tertiary/aromatic N) is 2. The first-order chi connectivity index (χ1) is 19.3. The Bertz CT molecular complexity index is 1730. The highest BCUT2D eigenvalue weighted by Crippen LogP contribution is 2.46. The zero-order valence-corrected chi connectivity index (χ0v) is 23.3. The molecule has 3 aliphatic rings. The molecule has 1 aromatic carbocycles. The van der Waals surface area contributed by atoms with Gasteiger partial charge in [-0.3, -0.25) is 9.59 Å². The summed E-state index contributed by atoms with van der Waals surface area (Å²) >= 11 is 0. The van der Waals surface area contributed by atoms with Gasteiger partial charge in [0.1, 0.15) is 18.5 Å². The van der Waals surface area contributed by atoms with Gasteiger partial charge >= 0.3 is 5.97 Å². The van der Waals surface area contributed by atoms with Crippen molar-refractivity contribution in [3.63, 3.8) is 0 Å². The number of amides is 1. The van der Waals surface area contributed by atoms with Crippen LogP contribution in [0.2, 0.25) is 0 Å². The van der Waals surface area contributed by atoms with E-state index in [2.05, 4.69) is 5.32 Å². The number of cyclic esters (lactones) is 1. The van der Waals surface area contributed by atoms with E-state index in [4.69, 9.17) is 9.72 Å². The Balaban J connectivity index is 1.58. The number of pyridine rings is 2. The highest BCUT2D eigenvalue weighted by molar-refractivity contribution is 5.94. The van der Waals surface area contributed by atoms with E-state index >= 15 is 4.39 Å². The van der Waals surface area contributed by atoms with Crippen molar-refractivity contribution >= 4 is 22.8 Å². The number of aliphatic hydroxyl groups is 3. The predicted octanol–water partition coefficient (Wildman–Crippen LogP) is 2.01. The Kier molecular flexibility index (Phi) is 6.15. The lowest BCUT2D eigenvalue weighted by Gasteiger charge is -2.33. The van der Waals surface area contributed by atoms with E-state index < -0.39 is 53.0 Å². The summed E-state index contributed by atoms with van der Waals surface area (Å²) in [6.45, 7) is 5.93. The second-order valence-electron chi connectivity index (χ2n) is 12.0. The molecule has 0 saturated heterocycles. The van der Waals surface area contributed by atoms with Gasteiger partial charge in [0.2, 0.25) is 5.91 Å². The van der Waals surface area contributed by atoms with Gasteiger partial charge in [-0.1, -0.05) is 20.8 Å². The van der Waals surface area contributed by atoms with E-state index in [-0.39, 0.29) is 30.7 Å². The van der Waals surface area contributed by atoms with Crippen molar-refractivity contribution in [2.45, 2.75) is 77.9 Å². The summed E-state index contributed by atoms with van der Waals surface area (Å²) in [7, 11) is 0. The zero-order valence-electron chi connectivity index (χ0n) is 23.3. The lowest BCUT2D eigenvalue weighted by molar-refractivity contribution is -0.172. The van der Waals surface area contributed by atoms with E-state index in [9.17, 15) is 29.7 Å². The minimum Gasteiger partial charge on any atom is -0.458 e. The number of hydrogen-bond acceptors (Lipinski definition) is 8. The summed E-state index contributed by atoms with van der Waals surface area (Å²) < 4.78 is 21.7. The summed E-state index contributed by atoms with van der Waals surface area (Å²) in [5.41, 5.74) is 0.612. The lowest BCUT2D eigenvalue weighted by Crippen LogP contribution is -2.47. The number of benzene rings is 1. The molecule has 2 aromatic heterocycles. The summed E-state index contributed by atoms with van der Waals surface area (Å²) in [4.78, 5) is 44.2. The van der Waals surface area contributed by atoms with Crippen molar-refractivity contribution in [2.24, 2.45) is 5.41 Å². The molecule has 2 aliphatic heterocycles. The van der Waals surface area contributed by atoms with Crippen LogP contribution in [0.4, 0.5) is 4.39 Å². The number of carbonyl (C=O) groups excluding carboxylic acids is 2. The average Bonchev–Trinajstić information content (AvgIpc) is 3.32. The van der Waals surface area contributed by atoms with Crippen molar-refractivity contribution in [1.29, 1.82) is 0 Å². The van der Waals surface area contributed by atoms with E-state index in [0.717, 1.165) is 5.56 Å². The molecule has 1 amide bonds. The molecule has 3 aromatic rings. The first-order valence-corrected chi connectivity index (χ1v) is 13.7. The van der Waals surface area contributed by atoms with Gasteiger partial charge in [-0.2, -0.15) is 0 Å². The zero-order chi connectivity index (χ0) is 29.6. The first kappa shape index (κ1) is 27.5. The number of fused-ring (bicyclic) bond motifs is 5. The molecule has 0 spiro atoms. The Morgan fingerprint density at radius 2 is 2.02 bits per heavy atom. The van der Waals surface area contributed by atoms with Gasteiger partial charge in [-0.25, -0.2) is 14.2 Å². The lowest BCUT2D eigenvalue weighted by atomic mass is 9.81. The fourth-order valence-electron chi connectivity index (χ4n) is 6.39. The van der Waals surface area contributed by atoms with Crippen molar-refractivity contribution < 1.29 is 34.0 Å². The van der Waals surface area contributed by atoms with Gasteiger partial charge in [0.05, 0.1) is 41.7 Å². The first-order valence-electron chi connectivity index (χ1n) is 13.7. The van der Waals surface area contributed by atoms with Crippen LogP contribution in [-0.4, -0.2) is 49.5 Å². The molecule has 4 N–H and O–H groups in total. The van der Waals surface area contributed by atoms with Gasteiger partial charge in [0.15, 0.2) is 5.60 Å². The third-order valence-corrected chi connectivity index (χ3v) is 9.09.